The molecule has 0 aliphatic carbocycles. The summed E-state index contributed by atoms with van der Waals surface area (Å²) >= 11 is 6.55. The number of aryl methyl sites for hydroxylation is 2. The number of thioether (sulfide) groups is 1. The van der Waals surface area contributed by atoms with Crippen LogP contribution >= 0.6 is 24.0 Å². The van der Waals surface area contributed by atoms with E-state index in [4.69, 9.17) is 12.2 Å². The molecule has 0 unspecified atom stereocenters. The van der Waals surface area contributed by atoms with Gasteiger partial charge in [0.05, 0.1) is 21.1 Å². The van der Waals surface area contributed by atoms with Crippen molar-refractivity contribution in [1.29, 1.82) is 0 Å². The number of thiocarbonyl (C=S) groups is 1. The van der Waals surface area contributed by atoms with Crippen molar-refractivity contribution >= 4 is 51.7 Å². The number of para-hydroxylation sites is 2. The van der Waals surface area contributed by atoms with E-state index in [2.05, 4.69) is 0 Å². The Morgan fingerprint density at radius 2 is 1.76 bits per heavy atom. The third-order valence-corrected chi connectivity index (χ3v) is 5.18. The molecule has 0 bridgehead atoms. The summed E-state index contributed by atoms with van der Waals surface area (Å²) in [6.45, 7) is 3.85. The van der Waals surface area contributed by atoms with Crippen LogP contribution in [-0.2, 0) is 4.79 Å². The molecule has 0 aromatic heterocycles. The zero-order chi connectivity index (χ0) is 18.1. The highest BCUT2D eigenvalue weighted by molar-refractivity contribution is 8.27. The van der Waals surface area contributed by atoms with Gasteiger partial charge in [-0.15, -0.1) is 0 Å². The largest absolute Gasteiger partial charge is 0.276 e. The molecule has 3 rings (SSSR count). The van der Waals surface area contributed by atoms with Crippen LogP contribution in [0.3, 0.4) is 0 Å². The predicted molar refractivity (Wildman–Crippen MR) is 105 cm³/mol. The number of nitro benzene ring substituents is 1. The smallest absolute Gasteiger partial charge is 0.268 e. The Labute approximate surface area is 154 Å². The second-order valence-electron chi connectivity index (χ2n) is 5.57. The van der Waals surface area contributed by atoms with Gasteiger partial charge < -0.3 is 0 Å². The van der Waals surface area contributed by atoms with E-state index in [0.29, 0.717) is 14.8 Å². The minimum Gasteiger partial charge on any atom is -0.268 e. The Bertz CT molecular complexity index is 917. The van der Waals surface area contributed by atoms with Crippen LogP contribution in [0.2, 0.25) is 0 Å². The van der Waals surface area contributed by atoms with Crippen LogP contribution in [0.25, 0.3) is 6.08 Å². The molecule has 1 heterocycles. The molecular weight excluding hydrogens is 356 g/mol. The van der Waals surface area contributed by atoms with Gasteiger partial charge in [0.25, 0.3) is 11.6 Å². The molecule has 1 amide bonds. The number of carbonyl (C=O) groups excluding carboxylic acids is 1. The van der Waals surface area contributed by atoms with Gasteiger partial charge in [0.1, 0.15) is 0 Å². The molecule has 0 radical (unpaired) electrons. The highest BCUT2D eigenvalue weighted by Gasteiger charge is 2.35. The van der Waals surface area contributed by atoms with Gasteiger partial charge in [-0.1, -0.05) is 54.3 Å². The summed E-state index contributed by atoms with van der Waals surface area (Å²) in [6.07, 6.45) is 1.53. The van der Waals surface area contributed by atoms with E-state index in [-0.39, 0.29) is 11.6 Å². The normalized spacial score (nSPS) is 15.9. The van der Waals surface area contributed by atoms with Crippen molar-refractivity contribution in [2.45, 2.75) is 13.8 Å². The number of amides is 1. The van der Waals surface area contributed by atoms with Gasteiger partial charge in [-0.25, -0.2) is 0 Å². The molecule has 126 valence electrons. The molecule has 2 aromatic carbocycles. The first-order chi connectivity index (χ1) is 11.9. The lowest BCUT2D eigenvalue weighted by Crippen LogP contribution is -2.29. The van der Waals surface area contributed by atoms with Crippen molar-refractivity contribution in [1.82, 2.24) is 0 Å². The molecule has 1 aliphatic heterocycles. The lowest BCUT2D eigenvalue weighted by molar-refractivity contribution is -0.385. The summed E-state index contributed by atoms with van der Waals surface area (Å²) in [6, 6.07) is 12.1. The summed E-state index contributed by atoms with van der Waals surface area (Å²) in [4.78, 5) is 25.5. The number of anilines is 1. The van der Waals surface area contributed by atoms with Crippen molar-refractivity contribution in [3.05, 3.63) is 74.2 Å². The number of hydrogen-bond donors (Lipinski definition) is 0. The van der Waals surface area contributed by atoms with Crippen molar-refractivity contribution in [2.75, 3.05) is 4.90 Å². The van der Waals surface area contributed by atoms with Crippen LogP contribution in [0.4, 0.5) is 11.4 Å². The van der Waals surface area contributed by atoms with E-state index in [1.54, 1.807) is 18.2 Å². The molecule has 0 spiro atoms. The first kappa shape index (κ1) is 17.3. The average molecular weight is 370 g/mol. The van der Waals surface area contributed by atoms with E-state index < -0.39 is 4.92 Å². The Kier molecular flexibility index (Phi) is 4.69. The number of rotatable bonds is 3. The number of nitro groups is 1. The zero-order valence-electron chi connectivity index (χ0n) is 13.6. The highest BCUT2D eigenvalue weighted by Crippen LogP contribution is 2.39. The Hall–Kier alpha value is -2.51. The van der Waals surface area contributed by atoms with Crippen molar-refractivity contribution in [3.63, 3.8) is 0 Å². The highest BCUT2D eigenvalue weighted by atomic mass is 32.2. The minimum atomic E-state index is -0.460. The van der Waals surface area contributed by atoms with E-state index >= 15 is 0 Å². The quantitative estimate of drug-likeness (QED) is 0.341. The predicted octanol–water partition coefficient (Wildman–Crippen LogP) is 4.62. The molecule has 0 saturated carbocycles. The van der Waals surface area contributed by atoms with Crippen LogP contribution in [0.15, 0.2) is 47.4 Å². The molecular formula is C18H14N2O3S2. The van der Waals surface area contributed by atoms with Gasteiger partial charge in [0.2, 0.25) is 0 Å². The lowest BCUT2D eigenvalue weighted by Gasteiger charge is -2.19. The second kappa shape index (κ2) is 6.78. The molecule has 0 atom stereocenters. The fraction of sp³-hybridized carbons (Fsp3) is 0.111. The maximum Gasteiger partial charge on any atom is 0.276 e. The molecule has 2 aromatic rings. The second-order valence-corrected chi connectivity index (χ2v) is 7.25. The first-order valence-corrected chi connectivity index (χ1v) is 8.70. The van der Waals surface area contributed by atoms with E-state index in [0.717, 1.165) is 28.6 Å². The van der Waals surface area contributed by atoms with E-state index in [1.165, 1.54) is 17.0 Å². The minimum absolute atomic E-state index is 0.0418. The first-order valence-electron chi connectivity index (χ1n) is 7.47. The summed E-state index contributed by atoms with van der Waals surface area (Å²) < 4.78 is 0.423. The fourth-order valence-corrected chi connectivity index (χ4v) is 4.00. The van der Waals surface area contributed by atoms with Crippen LogP contribution in [0.1, 0.15) is 16.7 Å². The zero-order valence-corrected chi connectivity index (χ0v) is 15.2. The van der Waals surface area contributed by atoms with Crippen LogP contribution in [0.5, 0.6) is 0 Å². The standard InChI is InChI=1S/C18H14N2O3S2/c1-11-6-5-7-12(2)16(11)19-17(21)15(25-18(19)24)10-13-8-3-4-9-14(13)20(22)23/h3-10H,1-2H3/b15-10-. The van der Waals surface area contributed by atoms with Crippen LogP contribution in [-0.4, -0.2) is 15.2 Å². The SMILES string of the molecule is Cc1cccc(C)c1N1C(=O)/C(=C/c2ccccc2[N+](=O)[O-])SC1=S. The van der Waals surface area contributed by atoms with Crippen molar-refractivity contribution in [2.24, 2.45) is 0 Å². The molecule has 25 heavy (non-hydrogen) atoms. The molecule has 5 nitrogen and oxygen atoms in total. The maximum atomic E-state index is 12.9. The Morgan fingerprint density at radius 1 is 1.12 bits per heavy atom. The number of nitrogens with zero attached hydrogens (tertiary/aromatic N) is 2. The van der Waals surface area contributed by atoms with Crippen LogP contribution < -0.4 is 4.90 Å². The number of hydrogen-bond acceptors (Lipinski definition) is 5. The Balaban J connectivity index is 2.04. The molecule has 1 fully saturated rings. The fourth-order valence-electron chi connectivity index (χ4n) is 2.74. The number of benzene rings is 2. The lowest BCUT2D eigenvalue weighted by atomic mass is 10.1. The van der Waals surface area contributed by atoms with Gasteiger partial charge in [0.15, 0.2) is 4.32 Å². The summed E-state index contributed by atoms with van der Waals surface area (Å²) in [7, 11) is 0. The van der Waals surface area contributed by atoms with Crippen LogP contribution in [0, 0.1) is 24.0 Å². The molecule has 1 saturated heterocycles. The summed E-state index contributed by atoms with van der Waals surface area (Å²) in [5.74, 6) is -0.259. The van der Waals surface area contributed by atoms with Crippen molar-refractivity contribution in [3.8, 4) is 0 Å². The van der Waals surface area contributed by atoms with E-state index in [1.807, 2.05) is 32.0 Å². The van der Waals surface area contributed by atoms with Gasteiger partial charge in [-0.2, -0.15) is 0 Å². The summed E-state index contributed by atoms with van der Waals surface area (Å²) in [5, 5.41) is 11.2. The summed E-state index contributed by atoms with van der Waals surface area (Å²) in [5.41, 5.74) is 3.01. The molecule has 0 N–H and O–H groups in total. The molecule has 7 heteroatoms. The number of carbonyl (C=O) groups is 1. The van der Waals surface area contributed by atoms with Gasteiger partial charge in [-0.3, -0.25) is 19.8 Å². The Morgan fingerprint density at radius 3 is 2.40 bits per heavy atom. The third kappa shape index (κ3) is 3.20. The van der Waals surface area contributed by atoms with Gasteiger partial charge in [-0.05, 0) is 37.1 Å². The van der Waals surface area contributed by atoms with Gasteiger partial charge in [0, 0.05) is 6.07 Å². The van der Waals surface area contributed by atoms with Gasteiger partial charge >= 0.3 is 0 Å². The van der Waals surface area contributed by atoms with Crippen molar-refractivity contribution < 1.29 is 9.72 Å². The maximum absolute atomic E-state index is 12.9. The topological polar surface area (TPSA) is 63.5 Å². The monoisotopic (exact) mass is 370 g/mol. The third-order valence-electron chi connectivity index (χ3n) is 3.88. The van der Waals surface area contributed by atoms with E-state index in [9.17, 15) is 14.9 Å². The average Bonchev–Trinajstić information content (AvgIpc) is 2.83. The molecule has 1 aliphatic rings.